The maximum absolute atomic E-state index is 12.6. The Bertz CT molecular complexity index is 566. The number of amides is 2. The Hall–Kier alpha value is -1.55. The Morgan fingerprint density at radius 3 is 2.52 bits per heavy atom. The third-order valence-electron chi connectivity index (χ3n) is 4.33. The molecule has 1 heterocycles. The molecule has 1 aliphatic heterocycles. The molecule has 0 radical (unpaired) electrons. The van der Waals surface area contributed by atoms with Crippen molar-refractivity contribution < 1.29 is 9.59 Å². The zero-order chi connectivity index (χ0) is 17.0. The first-order chi connectivity index (χ1) is 10.9. The summed E-state index contributed by atoms with van der Waals surface area (Å²) >= 11 is 5.99. The van der Waals surface area contributed by atoms with Gasteiger partial charge in [0.2, 0.25) is 11.8 Å². The number of nitrogens with zero attached hydrogens (tertiary/aromatic N) is 2. The van der Waals surface area contributed by atoms with E-state index in [9.17, 15) is 9.59 Å². The number of halogens is 1. The SMILES string of the molecule is CC(C)C(=O)N1CCC(C(=O)N(C)Cc2cccc(Cl)c2)CC1. The van der Waals surface area contributed by atoms with Gasteiger partial charge in [0.15, 0.2) is 0 Å². The minimum atomic E-state index is 0.00963. The summed E-state index contributed by atoms with van der Waals surface area (Å²) in [6, 6.07) is 7.58. The molecule has 1 aromatic carbocycles. The summed E-state index contributed by atoms with van der Waals surface area (Å²) < 4.78 is 0. The Labute approximate surface area is 143 Å². The van der Waals surface area contributed by atoms with Crippen LogP contribution in [0.3, 0.4) is 0 Å². The molecular weight excluding hydrogens is 312 g/mol. The summed E-state index contributed by atoms with van der Waals surface area (Å²) in [5.41, 5.74) is 1.03. The van der Waals surface area contributed by atoms with Crippen LogP contribution in [0, 0.1) is 11.8 Å². The van der Waals surface area contributed by atoms with Crippen LogP contribution in [0.4, 0.5) is 0 Å². The molecule has 0 aromatic heterocycles. The smallest absolute Gasteiger partial charge is 0.225 e. The van der Waals surface area contributed by atoms with Gasteiger partial charge in [-0.2, -0.15) is 0 Å². The number of carbonyl (C=O) groups excluding carboxylic acids is 2. The molecule has 5 heteroatoms. The Balaban J connectivity index is 1.88. The van der Waals surface area contributed by atoms with Crippen molar-refractivity contribution in [3.05, 3.63) is 34.9 Å². The molecule has 1 aromatic rings. The summed E-state index contributed by atoms with van der Waals surface area (Å²) in [5.74, 6) is 0.368. The van der Waals surface area contributed by atoms with Gasteiger partial charge in [0.25, 0.3) is 0 Å². The molecule has 0 aliphatic carbocycles. The average molecular weight is 337 g/mol. The lowest BCUT2D eigenvalue weighted by molar-refractivity contribution is -0.141. The Morgan fingerprint density at radius 1 is 1.30 bits per heavy atom. The van der Waals surface area contributed by atoms with E-state index in [1.807, 2.05) is 50.1 Å². The quantitative estimate of drug-likeness (QED) is 0.847. The largest absolute Gasteiger partial charge is 0.342 e. The van der Waals surface area contributed by atoms with E-state index >= 15 is 0 Å². The van der Waals surface area contributed by atoms with Crippen molar-refractivity contribution >= 4 is 23.4 Å². The Kier molecular flexibility index (Phi) is 6.05. The van der Waals surface area contributed by atoms with Crippen molar-refractivity contribution in [2.24, 2.45) is 11.8 Å². The maximum Gasteiger partial charge on any atom is 0.225 e. The van der Waals surface area contributed by atoms with Gasteiger partial charge in [-0.1, -0.05) is 37.6 Å². The number of hydrogen-bond acceptors (Lipinski definition) is 2. The van der Waals surface area contributed by atoms with Gasteiger partial charge in [0.05, 0.1) is 0 Å². The molecule has 126 valence electrons. The van der Waals surface area contributed by atoms with Crippen molar-refractivity contribution in [2.45, 2.75) is 33.2 Å². The predicted molar refractivity (Wildman–Crippen MR) is 92.1 cm³/mol. The first-order valence-electron chi connectivity index (χ1n) is 8.16. The molecular formula is C18H25ClN2O2. The number of piperidine rings is 1. The fourth-order valence-electron chi connectivity index (χ4n) is 3.01. The summed E-state index contributed by atoms with van der Waals surface area (Å²) in [7, 11) is 1.83. The second-order valence-corrected chi connectivity index (χ2v) is 7.01. The van der Waals surface area contributed by atoms with Crippen molar-refractivity contribution in [3.63, 3.8) is 0 Å². The third-order valence-corrected chi connectivity index (χ3v) is 4.57. The number of benzene rings is 1. The highest BCUT2D eigenvalue weighted by Crippen LogP contribution is 2.22. The van der Waals surface area contributed by atoms with Crippen molar-refractivity contribution in [1.29, 1.82) is 0 Å². The minimum Gasteiger partial charge on any atom is -0.342 e. The van der Waals surface area contributed by atoms with Crippen molar-refractivity contribution in [3.8, 4) is 0 Å². The van der Waals surface area contributed by atoms with Crippen LogP contribution in [0.1, 0.15) is 32.3 Å². The molecule has 0 spiro atoms. The van der Waals surface area contributed by atoms with Crippen LogP contribution >= 0.6 is 11.6 Å². The first kappa shape index (κ1) is 17.8. The standard InChI is InChI=1S/C18H25ClN2O2/c1-13(2)17(22)21-9-7-15(8-10-21)18(23)20(3)12-14-5-4-6-16(19)11-14/h4-6,11,13,15H,7-10,12H2,1-3H3. The number of hydrogen-bond donors (Lipinski definition) is 0. The third kappa shape index (κ3) is 4.71. The zero-order valence-corrected chi connectivity index (χ0v) is 14.8. The molecule has 1 saturated heterocycles. The van der Waals surface area contributed by atoms with Crippen LogP contribution in [-0.2, 0) is 16.1 Å². The molecule has 0 bridgehead atoms. The monoisotopic (exact) mass is 336 g/mol. The van der Waals surface area contributed by atoms with Gasteiger partial charge >= 0.3 is 0 Å². The summed E-state index contributed by atoms with van der Waals surface area (Å²) in [6.07, 6.45) is 1.49. The maximum atomic E-state index is 12.6. The Morgan fingerprint density at radius 2 is 1.96 bits per heavy atom. The van der Waals surface area contributed by atoms with Gasteiger partial charge in [0, 0.05) is 43.5 Å². The molecule has 0 atom stereocenters. The van der Waals surface area contributed by atoms with Crippen LogP contribution in [-0.4, -0.2) is 41.8 Å². The molecule has 4 nitrogen and oxygen atoms in total. The number of likely N-dealkylation sites (tertiary alicyclic amines) is 1. The molecule has 23 heavy (non-hydrogen) atoms. The second kappa shape index (κ2) is 7.82. The lowest BCUT2D eigenvalue weighted by Crippen LogP contribution is -2.44. The summed E-state index contributed by atoms with van der Waals surface area (Å²) in [4.78, 5) is 28.2. The molecule has 2 rings (SSSR count). The average Bonchev–Trinajstić information content (AvgIpc) is 2.53. The molecule has 0 saturated carbocycles. The first-order valence-corrected chi connectivity index (χ1v) is 8.54. The van der Waals surface area contributed by atoms with Crippen molar-refractivity contribution in [1.82, 2.24) is 9.80 Å². The van der Waals surface area contributed by atoms with Crippen LogP contribution in [0.5, 0.6) is 0 Å². The molecule has 0 unspecified atom stereocenters. The lowest BCUT2D eigenvalue weighted by Gasteiger charge is -2.34. The molecule has 2 amide bonds. The van der Waals surface area contributed by atoms with E-state index in [4.69, 9.17) is 11.6 Å². The van der Waals surface area contributed by atoms with E-state index in [1.54, 1.807) is 4.90 Å². The highest BCUT2D eigenvalue weighted by molar-refractivity contribution is 6.30. The highest BCUT2D eigenvalue weighted by atomic mass is 35.5. The van der Waals surface area contributed by atoms with Crippen molar-refractivity contribution in [2.75, 3.05) is 20.1 Å². The van der Waals surface area contributed by atoms with Gasteiger partial charge in [0.1, 0.15) is 0 Å². The highest BCUT2D eigenvalue weighted by Gasteiger charge is 2.29. The van der Waals surface area contributed by atoms with Gasteiger partial charge < -0.3 is 9.80 Å². The fourth-order valence-corrected chi connectivity index (χ4v) is 3.22. The van der Waals surface area contributed by atoms with E-state index < -0.39 is 0 Å². The second-order valence-electron chi connectivity index (χ2n) is 6.58. The predicted octanol–water partition coefficient (Wildman–Crippen LogP) is 3.19. The topological polar surface area (TPSA) is 40.6 Å². The number of carbonyl (C=O) groups is 2. The fraction of sp³-hybridized carbons (Fsp3) is 0.556. The van der Waals surface area contributed by atoms with Crippen LogP contribution in [0.25, 0.3) is 0 Å². The van der Waals surface area contributed by atoms with E-state index in [1.165, 1.54) is 0 Å². The van der Waals surface area contributed by atoms with E-state index in [0.29, 0.717) is 24.7 Å². The van der Waals surface area contributed by atoms with Gasteiger partial charge in [-0.3, -0.25) is 9.59 Å². The molecule has 1 aliphatic rings. The van der Waals surface area contributed by atoms with Gasteiger partial charge in [-0.05, 0) is 30.5 Å². The number of rotatable bonds is 4. The minimum absolute atomic E-state index is 0.00963. The zero-order valence-electron chi connectivity index (χ0n) is 14.1. The molecule has 0 N–H and O–H groups in total. The van der Waals surface area contributed by atoms with Crippen LogP contribution in [0.15, 0.2) is 24.3 Å². The van der Waals surface area contributed by atoms with Gasteiger partial charge in [-0.25, -0.2) is 0 Å². The normalized spacial score (nSPS) is 15.8. The molecule has 1 fully saturated rings. The van der Waals surface area contributed by atoms with E-state index in [0.717, 1.165) is 18.4 Å². The summed E-state index contributed by atoms with van der Waals surface area (Å²) in [6.45, 7) is 5.75. The summed E-state index contributed by atoms with van der Waals surface area (Å²) in [5, 5.41) is 0.684. The van der Waals surface area contributed by atoms with Gasteiger partial charge in [-0.15, -0.1) is 0 Å². The van der Waals surface area contributed by atoms with Crippen LogP contribution < -0.4 is 0 Å². The lowest BCUT2D eigenvalue weighted by atomic mass is 9.94. The van der Waals surface area contributed by atoms with E-state index in [2.05, 4.69) is 0 Å². The van der Waals surface area contributed by atoms with Crippen LogP contribution in [0.2, 0.25) is 5.02 Å². The van der Waals surface area contributed by atoms with E-state index in [-0.39, 0.29) is 23.7 Å².